The first-order chi connectivity index (χ1) is 7.83. The third-order valence-electron chi connectivity index (χ3n) is 2.26. The Balaban J connectivity index is 2.09. The smallest absolute Gasteiger partial charge is 0.255 e. The first kappa shape index (κ1) is 10.8. The van der Waals surface area contributed by atoms with Gasteiger partial charge in [-0.05, 0) is 18.6 Å². The van der Waals surface area contributed by atoms with Crippen LogP contribution in [0.2, 0.25) is 0 Å². The van der Waals surface area contributed by atoms with E-state index in [4.69, 9.17) is 14.6 Å². The SMILES string of the molecule is O=C(NCCCO)c1cccc2c1OCO2. The standard InChI is InChI=1S/C11H13NO4/c13-6-2-5-12-11(14)8-3-1-4-9-10(8)16-7-15-9/h1,3-4,13H,2,5-7H2,(H,12,14). The van der Waals surface area contributed by atoms with Gasteiger partial charge in [0.05, 0.1) is 5.56 Å². The van der Waals surface area contributed by atoms with E-state index in [1.54, 1.807) is 18.2 Å². The Morgan fingerprint density at radius 3 is 3.12 bits per heavy atom. The summed E-state index contributed by atoms with van der Waals surface area (Å²) in [5.41, 5.74) is 0.466. The second-order valence-corrected chi connectivity index (χ2v) is 3.37. The quantitative estimate of drug-likeness (QED) is 0.730. The Hall–Kier alpha value is -1.75. The number of hydrogen-bond donors (Lipinski definition) is 2. The van der Waals surface area contributed by atoms with Crippen molar-refractivity contribution >= 4 is 5.91 Å². The van der Waals surface area contributed by atoms with E-state index in [2.05, 4.69) is 5.32 Å². The molecule has 0 spiro atoms. The first-order valence-electron chi connectivity index (χ1n) is 5.10. The van der Waals surface area contributed by atoms with Crippen LogP contribution in [-0.4, -0.2) is 31.0 Å². The summed E-state index contributed by atoms with van der Waals surface area (Å²) in [6, 6.07) is 5.18. The number of rotatable bonds is 4. The normalized spacial score (nSPS) is 12.6. The van der Waals surface area contributed by atoms with Gasteiger partial charge < -0.3 is 19.9 Å². The highest BCUT2D eigenvalue weighted by atomic mass is 16.7. The Morgan fingerprint density at radius 2 is 2.31 bits per heavy atom. The molecule has 2 rings (SSSR count). The number of amides is 1. The van der Waals surface area contributed by atoms with Crippen molar-refractivity contribution < 1.29 is 19.4 Å². The molecule has 5 nitrogen and oxygen atoms in total. The third-order valence-corrected chi connectivity index (χ3v) is 2.26. The van der Waals surface area contributed by atoms with E-state index in [1.807, 2.05) is 0 Å². The van der Waals surface area contributed by atoms with Crippen molar-refractivity contribution in [1.29, 1.82) is 0 Å². The molecule has 1 amide bonds. The number of nitrogens with one attached hydrogen (secondary N) is 1. The zero-order chi connectivity index (χ0) is 11.4. The molecule has 0 aliphatic carbocycles. The lowest BCUT2D eigenvalue weighted by Gasteiger charge is -2.06. The Bertz CT molecular complexity index is 392. The van der Waals surface area contributed by atoms with Gasteiger partial charge in [-0.2, -0.15) is 0 Å². The van der Waals surface area contributed by atoms with Crippen LogP contribution in [0.1, 0.15) is 16.8 Å². The summed E-state index contributed by atoms with van der Waals surface area (Å²) in [6.45, 7) is 0.656. The fourth-order valence-electron chi connectivity index (χ4n) is 1.49. The molecule has 86 valence electrons. The topological polar surface area (TPSA) is 67.8 Å². The number of aliphatic hydroxyl groups excluding tert-OH is 1. The molecule has 1 aliphatic heterocycles. The Morgan fingerprint density at radius 1 is 1.44 bits per heavy atom. The predicted octanol–water partition coefficient (Wildman–Crippen LogP) is 0.527. The second-order valence-electron chi connectivity index (χ2n) is 3.37. The summed E-state index contributed by atoms with van der Waals surface area (Å²) in [6.07, 6.45) is 0.540. The van der Waals surface area contributed by atoms with Gasteiger partial charge in [-0.3, -0.25) is 4.79 Å². The van der Waals surface area contributed by atoms with Gasteiger partial charge in [0.1, 0.15) is 0 Å². The number of para-hydroxylation sites is 1. The number of carbonyl (C=O) groups is 1. The lowest BCUT2D eigenvalue weighted by molar-refractivity contribution is 0.0946. The zero-order valence-corrected chi connectivity index (χ0v) is 8.73. The molecule has 0 fully saturated rings. The van der Waals surface area contributed by atoms with Gasteiger partial charge in [0, 0.05) is 13.2 Å². The molecule has 0 saturated heterocycles. The Labute approximate surface area is 93.0 Å². The maximum atomic E-state index is 11.8. The van der Waals surface area contributed by atoms with Crippen LogP contribution in [0.4, 0.5) is 0 Å². The summed E-state index contributed by atoms with van der Waals surface area (Å²) < 4.78 is 10.4. The van der Waals surface area contributed by atoms with Gasteiger partial charge in [0.25, 0.3) is 5.91 Å². The van der Waals surface area contributed by atoms with Crippen molar-refractivity contribution in [2.45, 2.75) is 6.42 Å². The van der Waals surface area contributed by atoms with Crippen molar-refractivity contribution in [2.75, 3.05) is 19.9 Å². The van der Waals surface area contributed by atoms with Crippen LogP contribution in [-0.2, 0) is 0 Å². The molecule has 1 heterocycles. The minimum absolute atomic E-state index is 0.0623. The monoisotopic (exact) mass is 223 g/mol. The van der Waals surface area contributed by atoms with Crippen molar-refractivity contribution in [3.05, 3.63) is 23.8 Å². The van der Waals surface area contributed by atoms with Crippen LogP contribution < -0.4 is 14.8 Å². The van der Waals surface area contributed by atoms with E-state index < -0.39 is 0 Å². The molecule has 0 saturated carbocycles. The average molecular weight is 223 g/mol. The van der Waals surface area contributed by atoms with Crippen LogP contribution in [0.15, 0.2) is 18.2 Å². The van der Waals surface area contributed by atoms with Crippen molar-refractivity contribution in [2.24, 2.45) is 0 Å². The summed E-state index contributed by atoms with van der Waals surface area (Å²) >= 11 is 0. The number of fused-ring (bicyclic) bond motifs is 1. The number of aliphatic hydroxyl groups is 1. The van der Waals surface area contributed by atoms with Gasteiger partial charge in [0.2, 0.25) is 6.79 Å². The minimum Gasteiger partial charge on any atom is -0.454 e. The molecule has 0 unspecified atom stereocenters. The van der Waals surface area contributed by atoms with Crippen LogP contribution in [0.5, 0.6) is 11.5 Å². The minimum atomic E-state index is -0.212. The van der Waals surface area contributed by atoms with E-state index in [1.165, 1.54) is 0 Å². The van der Waals surface area contributed by atoms with E-state index in [9.17, 15) is 4.79 Å². The summed E-state index contributed by atoms with van der Waals surface area (Å²) in [5, 5.41) is 11.3. The molecule has 16 heavy (non-hydrogen) atoms. The lowest BCUT2D eigenvalue weighted by Crippen LogP contribution is -2.25. The van der Waals surface area contributed by atoms with Gasteiger partial charge in [-0.15, -0.1) is 0 Å². The number of carbonyl (C=O) groups excluding carboxylic acids is 1. The van der Waals surface area contributed by atoms with Crippen LogP contribution in [0.3, 0.4) is 0 Å². The van der Waals surface area contributed by atoms with Crippen LogP contribution in [0, 0.1) is 0 Å². The van der Waals surface area contributed by atoms with E-state index in [0.29, 0.717) is 30.0 Å². The zero-order valence-electron chi connectivity index (χ0n) is 8.73. The molecule has 1 aliphatic rings. The van der Waals surface area contributed by atoms with E-state index >= 15 is 0 Å². The molecule has 2 N–H and O–H groups in total. The van der Waals surface area contributed by atoms with Crippen LogP contribution in [0.25, 0.3) is 0 Å². The predicted molar refractivity (Wildman–Crippen MR) is 56.6 cm³/mol. The molecular formula is C11H13NO4. The fraction of sp³-hybridized carbons (Fsp3) is 0.364. The molecule has 1 aromatic rings. The maximum Gasteiger partial charge on any atom is 0.255 e. The average Bonchev–Trinajstić information content (AvgIpc) is 2.76. The van der Waals surface area contributed by atoms with Gasteiger partial charge in [-0.1, -0.05) is 6.07 Å². The fourth-order valence-corrected chi connectivity index (χ4v) is 1.49. The largest absolute Gasteiger partial charge is 0.454 e. The molecule has 0 atom stereocenters. The molecule has 5 heteroatoms. The molecule has 0 aromatic heterocycles. The molecular weight excluding hydrogens is 210 g/mol. The number of benzene rings is 1. The third kappa shape index (κ3) is 2.09. The summed E-state index contributed by atoms with van der Waals surface area (Å²) in [4.78, 5) is 11.8. The van der Waals surface area contributed by atoms with Crippen molar-refractivity contribution in [3.63, 3.8) is 0 Å². The molecule has 0 radical (unpaired) electrons. The lowest BCUT2D eigenvalue weighted by atomic mass is 10.1. The molecule has 1 aromatic carbocycles. The highest BCUT2D eigenvalue weighted by Gasteiger charge is 2.21. The number of hydrogen-bond acceptors (Lipinski definition) is 4. The second kappa shape index (κ2) is 4.85. The van der Waals surface area contributed by atoms with Gasteiger partial charge >= 0.3 is 0 Å². The van der Waals surface area contributed by atoms with Crippen LogP contribution >= 0.6 is 0 Å². The molecule has 0 bridgehead atoms. The van der Waals surface area contributed by atoms with Crippen molar-refractivity contribution in [3.8, 4) is 11.5 Å². The number of ether oxygens (including phenoxy) is 2. The Kier molecular flexibility index (Phi) is 3.26. The van der Waals surface area contributed by atoms with E-state index in [-0.39, 0.29) is 19.3 Å². The van der Waals surface area contributed by atoms with Gasteiger partial charge in [0.15, 0.2) is 11.5 Å². The summed E-state index contributed by atoms with van der Waals surface area (Å²) in [5.74, 6) is 0.870. The highest BCUT2D eigenvalue weighted by molar-refractivity contribution is 5.97. The van der Waals surface area contributed by atoms with Gasteiger partial charge in [-0.25, -0.2) is 0 Å². The maximum absolute atomic E-state index is 11.8. The highest BCUT2D eigenvalue weighted by Crippen LogP contribution is 2.35. The summed E-state index contributed by atoms with van der Waals surface area (Å²) in [7, 11) is 0. The van der Waals surface area contributed by atoms with Crippen molar-refractivity contribution in [1.82, 2.24) is 5.32 Å². The van der Waals surface area contributed by atoms with E-state index in [0.717, 1.165) is 0 Å². The first-order valence-corrected chi connectivity index (χ1v) is 5.10.